The van der Waals surface area contributed by atoms with Crippen LogP contribution in [0.2, 0.25) is 0 Å². The Balaban J connectivity index is 1.65. The maximum Gasteiger partial charge on any atom is 0.252 e. The van der Waals surface area contributed by atoms with Crippen LogP contribution in [-0.2, 0) is 16.6 Å². The van der Waals surface area contributed by atoms with E-state index in [9.17, 15) is 22.0 Å². The first-order chi connectivity index (χ1) is 17.1. The van der Waals surface area contributed by atoms with E-state index in [-0.39, 0.29) is 40.5 Å². The Labute approximate surface area is 215 Å². The summed E-state index contributed by atoms with van der Waals surface area (Å²) in [6, 6.07) is 16.2. The lowest BCUT2D eigenvalue weighted by atomic mass is 9.94. The van der Waals surface area contributed by atoms with Crippen molar-refractivity contribution in [3.05, 3.63) is 89.5 Å². The van der Waals surface area contributed by atoms with Crippen LogP contribution in [0.15, 0.2) is 81.4 Å². The molecule has 1 aliphatic heterocycles. The zero-order valence-corrected chi connectivity index (χ0v) is 21.7. The van der Waals surface area contributed by atoms with E-state index in [1.165, 1.54) is 52.5 Å². The highest BCUT2D eigenvalue weighted by Gasteiger charge is 2.32. The Morgan fingerprint density at radius 2 is 1.53 bits per heavy atom. The quantitative estimate of drug-likeness (QED) is 0.425. The molecule has 0 spiro atoms. The van der Waals surface area contributed by atoms with Gasteiger partial charge in [-0.25, -0.2) is 17.2 Å². The highest BCUT2D eigenvalue weighted by Crippen LogP contribution is 2.34. The van der Waals surface area contributed by atoms with E-state index in [0.717, 1.165) is 6.42 Å². The molecule has 4 rings (SSSR count). The highest BCUT2D eigenvalue weighted by atomic mass is 32.2. The van der Waals surface area contributed by atoms with Crippen LogP contribution in [0, 0.1) is 23.5 Å². The van der Waals surface area contributed by atoms with Crippen molar-refractivity contribution >= 4 is 27.7 Å². The Morgan fingerprint density at radius 3 is 2.14 bits per heavy atom. The average molecular weight is 531 g/mol. The van der Waals surface area contributed by atoms with Crippen LogP contribution >= 0.6 is 11.8 Å². The van der Waals surface area contributed by atoms with E-state index in [4.69, 9.17) is 0 Å². The molecule has 1 amide bonds. The minimum absolute atomic E-state index is 0.0548. The van der Waals surface area contributed by atoms with E-state index >= 15 is 0 Å². The van der Waals surface area contributed by atoms with Gasteiger partial charge in [-0.2, -0.15) is 4.31 Å². The molecule has 36 heavy (non-hydrogen) atoms. The first-order valence-corrected chi connectivity index (χ1v) is 14.0. The first kappa shape index (κ1) is 26.3. The van der Waals surface area contributed by atoms with Crippen LogP contribution in [-0.4, -0.2) is 31.7 Å². The number of hydrogen-bond acceptors (Lipinski definition) is 4. The maximum absolute atomic E-state index is 13.5. The molecule has 0 saturated carbocycles. The molecule has 9 heteroatoms. The molecule has 3 aromatic rings. The summed E-state index contributed by atoms with van der Waals surface area (Å²) in [4.78, 5) is 14.5. The van der Waals surface area contributed by atoms with Gasteiger partial charge in [-0.15, -0.1) is 0 Å². The molecule has 0 bridgehead atoms. The van der Waals surface area contributed by atoms with Crippen molar-refractivity contribution < 1.29 is 22.0 Å². The van der Waals surface area contributed by atoms with E-state index in [2.05, 4.69) is 5.32 Å². The van der Waals surface area contributed by atoms with Gasteiger partial charge in [-0.3, -0.25) is 4.79 Å². The van der Waals surface area contributed by atoms with Crippen molar-refractivity contribution in [3.8, 4) is 0 Å². The lowest BCUT2D eigenvalue weighted by Gasteiger charge is -2.34. The van der Waals surface area contributed by atoms with Crippen molar-refractivity contribution in [1.29, 1.82) is 0 Å². The van der Waals surface area contributed by atoms with Crippen LogP contribution in [0.1, 0.15) is 36.2 Å². The van der Waals surface area contributed by atoms with Crippen molar-refractivity contribution in [1.82, 2.24) is 9.62 Å². The lowest BCUT2D eigenvalue weighted by molar-refractivity contribution is 0.0947. The second kappa shape index (κ2) is 11.1. The summed E-state index contributed by atoms with van der Waals surface area (Å²) < 4.78 is 55.0. The molecule has 0 aromatic heterocycles. The normalized spacial score (nSPS) is 18.7. The Bertz CT molecular complexity index is 1320. The van der Waals surface area contributed by atoms with Crippen LogP contribution in [0.3, 0.4) is 0 Å². The molecule has 1 aliphatic rings. The zero-order chi connectivity index (χ0) is 25.9. The molecule has 5 nitrogen and oxygen atoms in total. The minimum Gasteiger partial charge on any atom is -0.348 e. The minimum atomic E-state index is -3.80. The van der Waals surface area contributed by atoms with Gasteiger partial charge in [0.25, 0.3) is 5.91 Å². The van der Waals surface area contributed by atoms with Gasteiger partial charge in [-0.05, 0) is 78.4 Å². The van der Waals surface area contributed by atoms with Crippen molar-refractivity contribution in [2.24, 2.45) is 11.8 Å². The Kier molecular flexibility index (Phi) is 8.12. The molecule has 3 aromatic carbocycles. The predicted octanol–water partition coefficient (Wildman–Crippen LogP) is 5.71. The highest BCUT2D eigenvalue weighted by molar-refractivity contribution is 7.99. The summed E-state index contributed by atoms with van der Waals surface area (Å²) in [6.07, 6.45) is 0.969. The number of carbonyl (C=O) groups is 1. The average Bonchev–Trinajstić information content (AvgIpc) is 2.84. The molecule has 2 atom stereocenters. The van der Waals surface area contributed by atoms with Gasteiger partial charge in [-0.1, -0.05) is 37.7 Å². The fourth-order valence-corrected chi connectivity index (χ4v) is 7.03. The van der Waals surface area contributed by atoms with Gasteiger partial charge < -0.3 is 5.32 Å². The fourth-order valence-electron chi connectivity index (χ4n) is 4.40. The SMILES string of the molecule is C[C@H]1C[C@H](C)CN(S(=O)(=O)c2ccc(Sc3ccc(F)cc3)c(C(=O)NCc3ccc(F)cc3)c2)C1. The first-order valence-electron chi connectivity index (χ1n) is 11.7. The number of amides is 1. The summed E-state index contributed by atoms with van der Waals surface area (Å²) in [7, 11) is -3.80. The molecular formula is C27H28F2N2O3S2. The van der Waals surface area contributed by atoms with Crippen molar-refractivity contribution in [3.63, 3.8) is 0 Å². The van der Waals surface area contributed by atoms with Crippen LogP contribution in [0.4, 0.5) is 8.78 Å². The van der Waals surface area contributed by atoms with Gasteiger partial charge in [0.2, 0.25) is 10.0 Å². The largest absolute Gasteiger partial charge is 0.348 e. The molecule has 0 unspecified atom stereocenters. The molecule has 1 heterocycles. The van der Waals surface area contributed by atoms with Crippen molar-refractivity contribution in [2.45, 2.75) is 41.5 Å². The topological polar surface area (TPSA) is 66.5 Å². The summed E-state index contributed by atoms with van der Waals surface area (Å²) in [5, 5.41) is 2.80. The summed E-state index contributed by atoms with van der Waals surface area (Å²) >= 11 is 1.25. The molecule has 0 radical (unpaired) electrons. The monoisotopic (exact) mass is 530 g/mol. The van der Waals surface area contributed by atoms with Gasteiger partial charge in [0.15, 0.2) is 0 Å². The third kappa shape index (κ3) is 6.32. The van der Waals surface area contributed by atoms with Gasteiger partial charge in [0, 0.05) is 29.4 Å². The van der Waals surface area contributed by atoms with Crippen LogP contribution in [0.5, 0.6) is 0 Å². The van der Waals surface area contributed by atoms with Crippen LogP contribution < -0.4 is 5.32 Å². The summed E-state index contributed by atoms with van der Waals surface area (Å²) in [5.41, 5.74) is 0.906. The number of nitrogens with one attached hydrogen (secondary N) is 1. The van der Waals surface area contributed by atoms with E-state index in [1.54, 1.807) is 30.3 Å². The number of halogens is 2. The van der Waals surface area contributed by atoms with E-state index < -0.39 is 15.9 Å². The number of nitrogens with zero attached hydrogens (tertiary/aromatic N) is 1. The maximum atomic E-state index is 13.5. The predicted molar refractivity (Wildman–Crippen MR) is 136 cm³/mol. The molecule has 1 N–H and O–H groups in total. The lowest BCUT2D eigenvalue weighted by Crippen LogP contribution is -2.42. The second-order valence-electron chi connectivity index (χ2n) is 9.29. The molecular weight excluding hydrogens is 502 g/mol. The smallest absolute Gasteiger partial charge is 0.252 e. The number of piperidine rings is 1. The summed E-state index contributed by atoms with van der Waals surface area (Å²) in [5.74, 6) is -0.711. The number of rotatable bonds is 7. The van der Waals surface area contributed by atoms with Crippen molar-refractivity contribution in [2.75, 3.05) is 13.1 Å². The number of carbonyl (C=O) groups excluding carboxylic acids is 1. The standard InChI is InChI=1S/C27H28F2N2O3S2/c1-18-13-19(2)17-31(16-18)36(33,34)24-11-12-26(35-23-9-7-22(29)8-10-23)25(14-24)27(32)30-15-20-3-5-21(28)6-4-20/h3-12,14,18-19H,13,15-17H2,1-2H3,(H,30,32)/t18-,19-/m0/s1. The third-order valence-electron chi connectivity index (χ3n) is 6.08. The van der Waals surface area contributed by atoms with Gasteiger partial charge >= 0.3 is 0 Å². The van der Waals surface area contributed by atoms with E-state index in [0.29, 0.717) is 28.4 Å². The van der Waals surface area contributed by atoms with E-state index in [1.807, 2.05) is 13.8 Å². The number of hydrogen-bond donors (Lipinski definition) is 1. The third-order valence-corrected chi connectivity index (χ3v) is 8.99. The number of sulfonamides is 1. The zero-order valence-electron chi connectivity index (χ0n) is 20.1. The Morgan fingerprint density at radius 1 is 0.944 bits per heavy atom. The van der Waals surface area contributed by atoms with Gasteiger partial charge in [0.1, 0.15) is 11.6 Å². The van der Waals surface area contributed by atoms with Crippen LogP contribution in [0.25, 0.3) is 0 Å². The molecule has 0 aliphatic carbocycles. The summed E-state index contributed by atoms with van der Waals surface area (Å²) in [6.45, 7) is 5.09. The molecule has 190 valence electrons. The van der Waals surface area contributed by atoms with Gasteiger partial charge in [0.05, 0.1) is 10.5 Å². The fraction of sp³-hybridized carbons (Fsp3) is 0.296. The second-order valence-corrected chi connectivity index (χ2v) is 12.3. The Hall–Kier alpha value is -2.75. The molecule has 1 saturated heterocycles. The molecule has 1 fully saturated rings. The number of benzene rings is 3.